The molecule has 0 saturated heterocycles. The third-order valence-corrected chi connectivity index (χ3v) is 7.60. The number of aryl methyl sites for hydroxylation is 1. The second-order valence-corrected chi connectivity index (χ2v) is 11.0. The van der Waals surface area contributed by atoms with Gasteiger partial charge < -0.3 is 28.6 Å². The number of aromatic nitrogens is 1. The minimum absolute atomic E-state index is 0.0165. The molecule has 0 spiro atoms. The molecule has 0 aliphatic carbocycles. The number of anilines is 2. The van der Waals surface area contributed by atoms with Gasteiger partial charge >= 0.3 is 5.97 Å². The van der Waals surface area contributed by atoms with E-state index in [-0.39, 0.29) is 12.1 Å². The molecule has 1 aliphatic rings. The largest absolute Gasteiger partial charge is 0.493 e. The van der Waals surface area contributed by atoms with E-state index in [2.05, 4.69) is 75.0 Å². The molecule has 7 nitrogen and oxygen atoms in total. The molecule has 5 rings (SSSR count). The normalized spacial score (nSPS) is 12.0. The number of ether oxygens (including phenoxy) is 3. The van der Waals surface area contributed by atoms with E-state index in [1.807, 2.05) is 42.0 Å². The van der Waals surface area contributed by atoms with Gasteiger partial charge in [0.2, 0.25) is 0 Å². The fourth-order valence-electron chi connectivity index (χ4n) is 5.61. The highest BCUT2D eigenvalue weighted by atomic mass is 16.5. The summed E-state index contributed by atoms with van der Waals surface area (Å²) in [4.78, 5) is 17.7. The number of hydrogen-bond acceptors (Lipinski definition) is 6. The molecule has 0 unspecified atom stereocenters. The van der Waals surface area contributed by atoms with E-state index >= 15 is 0 Å². The van der Waals surface area contributed by atoms with Gasteiger partial charge in [-0.05, 0) is 73.4 Å². The fourth-order valence-corrected chi connectivity index (χ4v) is 5.61. The third kappa shape index (κ3) is 5.12. The molecule has 1 aliphatic heterocycles. The molecule has 1 aromatic heterocycles. The summed E-state index contributed by atoms with van der Waals surface area (Å²) in [5.74, 6) is 1.03. The lowest BCUT2D eigenvalue weighted by molar-refractivity contribution is 0.0589. The van der Waals surface area contributed by atoms with Crippen LogP contribution in [-0.2, 0) is 17.7 Å². The molecule has 41 heavy (non-hydrogen) atoms. The molecule has 2 heterocycles. The Kier molecular flexibility index (Phi) is 7.72. The number of rotatable bonds is 8. The molecule has 4 aromatic rings. The topological polar surface area (TPSA) is 56.2 Å². The lowest BCUT2D eigenvalue weighted by atomic mass is 9.89. The van der Waals surface area contributed by atoms with Crippen molar-refractivity contribution in [3.05, 3.63) is 71.9 Å². The van der Waals surface area contributed by atoms with Crippen molar-refractivity contribution in [2.75, 3.05) is 52.2 Å². The summed E-state index contributed by atoms with van der Waals surface area (Å²) in [6, 6.07) is 21.0. The average Bonchev–Trinajstić information content (AvgIpc) is 3.31. The molecule has 0 radical (unpaired) electrons. The van der Waals surface area contributed by atoms with Crippen LogP contribution < -0.4 is 19.3 Å². The Morgan fingerprint density at radius 3 is 1.85 bits per heavy atom. The molecule has 214 valence electrons. The zero-order valence-corrected chi connectivity index (χ0v) is 25.2. The first-order valence-electron chi connectivity index (χ1n) is 13.9. The number of benzene rings is 3. The van der Waals surface area contributed by atoms with Crippen molar-refractivity contribution < 1.29 is 19.0 Å². The van der Waals surface area contributed by atoms with E-state index in [1.165, 1.54) is 7.11 Å². The SMILES string of the molecule is COC(=O)c1c(-c2ccc(N(C)C)cc2)c(-c2ccc(N(C)C)cc2)c2n1CCc1cc(OC(C)C)c(OC)cc1-2. The van der Waals surface area contributed by atoms with Gasteiger partial charge in [0.05, 0.1) is 26.0 Å². The molecular formula is C34H39N3O4. The van der Waals surface area contributed by atoms with E-state index in [0.29, 0.717) is 18.0 Å². The molecule has 0 atom stereocenters. The van der Waals surface area contributed by atoms with Crippen LogP contribution in [0.1, 0.15) is 29.9 Å². The molecule has 0 saturated carbocycles. The molecule has 3 aromatic carbocycles. The minimum atomic E-state index is -0.357. The number of fused-ring (bicyclic) bond motifs is 3. The van der Waals surface area contributed by atoms with Crippen molar-refractivity contribution >= 4 is 17.3 Å². The van der Waals surface area contributed by atoms with Crippen molar-refractivity contribution in [2.45, 2.75) is 32.9 Å². The van der Waals surface area contributed by atoms with Crippen LogP contribution in [-0.4, -0.2) is 59.1 Å². The highest BCUT2D eigenvalue weighted by Gasteiger charge is 2.34. The number of carbonyl (C=O) groups excluding carboxylic acids is 1. The van der Waals surface area contributed by atoms with Crippen molar-refractivity contribution in [3.8, 4) is 45.0 Å². The molecule has 0 N–H and O–H groups in total. The van der Waals surface area contributed by atoms with Crippen molar-refractivity contribution in [1.82, 2.24) is 4.57 Å². The lowest BCUT2D eigenvalue weighted by Gasteiger charge is -2.24. The molecular weight excluding hydrogens is 514 g/mol. The lowest BCUT2D eigenvalue weighted by Crippen LogP contribution is -2.18. The maximum atomic E-state index is 13.6. The second kappa shape index (κ2) is 11.2. The highest BCUT2D eigenvalue weighted by Crippen LogP contribution is 2.50. The summed E-state index contributed by atoms with van der Waals surface area (Å²) in [6.07, 6.45) is 0.764. The number of hydrogen-bond donors (Lipinski definition) is 0. The summed E-state index contributed by atoms with van der Waals surface area (Å²) in [6.45, 7) is 4.66. The van der Waals surface area contributed by atoms with Gasteiger partial charge in [0.15, 0.2) is 11.5 Å². The van der Waals surface area contributed by atoms with Gasteiger partial charge in [-0.25, -0.2) is 4.79 Å². The molecule has 0 amide bonds. The predicted octanol–water partition coefficient (Wildman–Crippen LogP) is 6.76. The number of methoxy groups -OCH3 is 2. The second-order valence-electron chi connectivity index (χ2n) is 11.0. The van der Waals surface area contributed by atoms with Gasteiger partial charge in [-0.15, -0.1) is 0 Å². The smallest absolute Gasteiger partial charge is 0.355 e. The Morgan fingerprint density at radius 1 is 0.805 bits per heavy atom. The van der Waals surface area contributed by atoms with Crippen LogP contribution in [0.2, 0.25) is 0 Å². The van der Waals surface area contributed by atoms with Gasteiger partial charge in [-0.3, -0.25) is 0 Å². The Hall–Kier alpha value is -4.39. The fraction of sp³-hybridized carbons (Fsp3) is 0.324. The highest BCUT2D eigenvalue weighted by molar-refractivity contribution is 6.07. The van der Waals surface area contributed by atoms with Crippen LogP contribution in [0.5, 0.6) is 11.5 Å². The van der Waals surface area contributed by atoms with Gasteiger partial charge in [-0.2, -0.15) is 0 Å². The van der Waals surface area contributed by atoms with E-state index in [0.717, 1.165) is 62.6 Å². The Labute approximate surface area is 242 Å². The zero-order valence-electron chi connectivity index (χ0n) is 25.2. The van der Waals surface area contributed by atoms with E-state index in [4.69, 9.17) is 14.2 Å². The van der Waals surface area contributed by atoms with Crippen LogP contribution in [0.15, 0.2) is 60.7 Å². The monoisotopic (exact) mass is 553 g/mol. The Balaban J connectivity index is 1.86. The van der Waals surface area contributed by atoms with Crippen LogP contribution in [0.3, 0.4) is 0 Å². The number of carbonyl (C=O) groups is 1. The molecule has 7 heteroatoms. The zero-order chi connectivity index (χ0) is 29.4. The summed E-state index contributed by atoms with van der Waals surface area (Å²) in [5.41, 5.74) is 9.74. The first kappa shape index (κ1) is 28.1. The van der Waals surface area contributed by atoms with Gasteiger partial charge in [0.1, 0.15) is 5.69 Å². The standard InChI is InChI=1S/C34H39N3O4/c1-21(2)41-29-19-24-17-18-37-32(27(24)20-28(29)39-7)30(22-9-13-25(14-10-22)35(3)4)31(33(37)34(38)40-8)23-11-15-26(16-12-23)36(5)6/h9-16,19-21H,17-18H2,1-8H3. The Morgan fingerprint density at radius 2 is 1.37 bits per heavy atom. The minimum Gasteiger partial charge on any atom is -0.493 e. The van der Waals surface area contributed by atoms with Gasteiger partial charge in [0, 0.05) is 62.8 Å². The summed E-state index contributed by atoms with van der Waals surface area (Å²) in [5, 5.41) is 0. The van der Waals surface area contributed by atoms with E-state index < -0.39 is 0 Å². The molecule has 0 fully saturated rings. The number of esters is 1. The third-order valence-electron chi connectivity index (χ3n) is 7.60. The van der Waals surface area contributed by atoms with Crippen LogP contribution in [0.25, 0.3) is 33.5 Å². The maximum Gasteiger partial charge on any atom is 0.355 e. The average molecular weight is 554 g/mol. The summed E-state index contributed by atoms with van der Waals surface area (Å²) < 4.78 is 19.4. The van der Waals surface area contributed by atoms with Crippen molar-refractivity contribution in [2.24, 2.45) is 0 Å². The van der Waals surface area contributed by atoms with Crippen LogP contribution in [0, 0.1) is 0 Å². The number of nitrogens with zero attached hydrogens (tertiary/aromatic N) is 3. The molecule has 0 bridgehead atoms. The first-order chi connectivity index (χ1) is 19.6. The van der Waals surface area contributed by atoms with Crippen LogP contribution >= 0.6 is 0 Å². The van der Waals surface area contributed by atoms with Crippen molar-refractivity contribution in [1.29, 1.82) is 0 Å². The van der Waals surface area contributed by atoms with Gasteiger partial charge in [-0.1, -0.05) is 24.3 Å². The van der Waals surface area contributed by atoms with E-state index in [1.54, 1.807) is 7.11 Å². The quantitative estimate of drug-likeness (QED) is 0.225. The van der Waals surface area contributed by atoms with Gasteiger partial charge in [0.25, 0.3) is 0 Å². The van der Waals surface area contributed by atoms with Crippen molar-refractivity contribution in [3.63, 3.8) is 0 Å². The summed E-state index contributed by atoms with van der Waals surface area (Å²) >= 11 is 0. The predicted molar refractivity (Wildman–Crippen MR) is 167 cm³/mol. The van der Waals surface area contributed by atoms with Crippen LogP contribution in [0.4, 0.5) is 11.4 Å². The Bertz CT molecular complexity index is 1570. The summed E-state index contributed by atoms with van der Waals surface area (Å²) in [7, 11) is 11.2. The van der Waals surface area contributed by atoms with E-state index in [9.17, 15) is 4.79 Å². The maximum absolute atomic E-state index is 13.6. The first-order valence-corrected chi connectivity index (χ1v) is 13.9.